The number of halogens is 1. The van der Waals surface area contributed by atoms with Gasteiger partial charge in [0.25, 0.3) is 0 Å². The van der Waals surface area contributed by atoms with Crippen molar-refractivity contribution >= 4 is 27.3 Å². The van der Waals surface area contributed by atoms with Gasteiger partial charge in [-0.1, -0.05) is 13.3 Å². The molecule has 1 atom stereocenters. The highest BCUT2D eigenvalue weighted by molar-refractivity contribution is 9.11. The van der Waals surface area contributed by atoms with Crippen molar-refractivity contribution in [3.05, 3.63) is 20.8 Å². The second kappa shape index (κ2) is 8.23. The van der Waals surface area contributed by atoms with Crippen LogP contribution in [-0.4, -0.2) is 26.8 Å². The lowest BCUT2D eigenvalue weighted by Gasteiger charge is -2.14. The molecule has 0 aromatic carbocycles. The predicted molar refractivity (Wildman–Crippen MR) is 74.2 cm³/mol. The van der Waals surface area contributed by atoms with E-state index in [0.717, 1.165) is 25.6 Å². The molecular formula is C12H20BrNOS. The first-order valence-corrected chi connectivity index (χ1v) is 7.31. The Morgan fingerprint density at radius 2 is 2.31 bits per heavy atom. The monoisotopic (exact) mass is 305 g/mol. The maximum Gasteiger partial charge on any atom is 0.0701 e. The van der Waals surface area contributed by atoms with Crippen LogP contribution in [0.3, 0.4) is 0 Å². The first kappa shape index (κ1) is 14.2. The van der Waals surface area contributed by atoms with E-state index in [2.05, 4.69) is 40.3 Å². The molecule has 2 nitrogen and oxygen atoms in total. The molecule has 0 aliphatic rings. The van der Waals surface area contributed by atoms with E-state index >= 15 is 0 Å². The normalized spacial score (nSPS) is 12.9. The van der Waals surface area contributed by atoms with Crippen LogP contribution in [0.5, 0.6) is 0 Å². The molecule has 0 radical (unpaired) electrons. The molecule has 1 heterocycles. The first-order valence-electron chi connectivity index (χ1n) is 5.70. The Balaban J connectivity index is 2.26. The second-order valence-electron chi connectivity index (χ2n) is 3.88. The first-order chi connectivity index (χ1) is 7.76. The number of thiophene rings is 1. The molecule has 0 aliphatic heterocycles. The van der Waals surface area contributed by atoms with E-state index < -0.39 is 0 Å². The summed E-state index contributed by atoms with van der Waals surface area (Å²) in [5.74, 6) is 0.724. The van der Waals surface area contributed by atoms with E-state index in [-0.39, 0.29) is 0 Å². The van der Waals surface area contributed by atoms with E-state index in [1.54, 1.807) is 7.11 Å². The predicted octanol–water partition coefficient (Wildman–Crippen LogP) is 3.32. The summed E-state index contributed by atoms with van der Waals surface area (Å²) >= 11 is 5.34. The van der Waals surface area contributed by atoms with Crippen LogP contribution in [0.4, 0.5) is 0 Å². The third kappa shape index (κ3) is 5.43. The molecule has 1 aromatic heterocycles. The Morgan fingerprint density at radius 1 is 1.50 bits per heavy atom. The summed E-state index contributed by atoms with van der Waals surface area (Å²) in [6, 6.07) is 4.34. The van der Waals surface area contributed by atoms with Gasteiger partial charge in [-0.3, -0.25) is 0 Å². The van der Waals surface area contributed by atoms with Gasteiger partial charge in [0.05, 0.1) is 10.4 Å². The minimum Gasteiger partial charge on any atom is -0.383 e. The molecule has 0 bridgehead atoms. The van der Waals surface area contributed by atoms with Crippen molar-refractivity contribution in [2.75, 3.05) is 26.8 Å². The van der Waals surface area contributed by atoms with Gasteiger partial charge in [0.15, 0.2) is 0 Å². The second-order valence-corrected chi connectivity index (χ2v) is 6.43. The van der Waals surface area contributed by atoms with Gasteiger partial charge in [-0.25, -0.2) is 0 Å². The summed E-state index contributed by atoms with van der Waals surface area (Å²) in [6.45, 7) is 5.07. The molecule has 0 spiro atoms. The van der Waals surface area contributed by atoms with E-state index in [4.69, 9.17) is 4.74 Å². The van der Waals surface area contributed by atoms with Crippen molar-refractivity contribution in [2.45, 2.75) is 19.8 Å². The summed E-state index contributed by atoms with van der Waals surface area (Å²) in [7, 11) is 1.74. The van der Waals surface area contributed by atoms with Crippen molar-refractivity contribution in [1.29, 1.82) is 0 Å². The molecule has 0 saturated heterocycles. The summed E-state index contributed by atoms with van der Waals surface area (Å²) in [5.41, 5.74) is 0. The van der Waals surface area contributed by atoms with Gasteiger partial charge in [0.2, 0.25) is 0 Å². The van der Waals surface area contributed by atoms with E-state index in [9.17, 15) is 0 Å². The Morgan fingerprint density at radius 3 is 2.88 bits per heavy atom. The molecular weight excluding hydrogens is 286 g/mol. The van der Waals surface area contributed by atoms with E-state index in [0.29, 0.717) is 0 Å². The zero-order valence-electron chi connectivity index (χ0n) is 9.96. The Bertz CT molecular complexity index is 290. The quantitative estimate of drug-likeness (QED) is 0.744. The molecule has 16 heavy (non-hydrogen) atoms. The van der Waals surface area contributed by atoms with Crippen molar-refractivity contribution in [2.24, 2.45) is 5.92 Å². The Kier molecular flexibility index (Phi) is 7.28. The average molecular weight is 306 g/mol. The highest BCUT2D eigenvalue weighted by atomic mass is 79.9. The van der Waals surface area contributed by atoms with Crippen molar-refractivity contribution in [1.82, 2.24) is 5.32 Å². The molecule has 92 valence electrons. The van der Waals surface area contributed by atoms with Crippen LogP contribution in [-0.2, 0) is 11.2 Å². The number of hydrogen-bond donors (Lipinski definition) is 1. The Hall–Kier alpha value is 0.1000. The molecule has 1 rings (SSSR count). The molecule has 1 aromatic rings. The summed E-state index contributed by atoms with van der Waals surface area (Å²) in [5, 5.41) is 3.43. The molecule has 1 N–H and O–H groups in total. The molecule has 0 fully saturated rings. The van der Waals surface area contributed by atoms with Crippen LogP contribution in [0, 0.1) is 5.92 Å². The van der Waals surface area contributed by atoms with Crippen molar-refractivity contribution in [3.8, 4) is 0 Å². The van der Waals surface area contributed by atoms with Gasteiger partial charge in [-0.2, -0.15) is 0 Å². The molecule has 0 saturated carbocycles. The highest BCUT2D eigenvalue weighted by Gasteiger charge is 2.08. The van der Waals surface area contributed by atoms with Crippen LogP contribution in [0.25, 0.3) is 0 Å². The minimum absolute atomic E-state index is 0.724. The van der Waals surface area contributed by atoms with Gasteiger partial charge in [-0.05, 0) is 46.9 Å². The maximum atomic E-state index is 5.01. The van der Waals surface area contributed by atoms with E-state index in [1.165, 1.54) is 21.5 Å². The number of nitrogens with one attached hydrogen (secondary N) is 1. The van der Waals surface area contributed by atoms with Crippen LogP contribution >= 0.6 is 27.3 Å². The molecule has 4 heteroatoms. The number of hydrogen-bond acceptors (Lipinski definition) is 3. The largest absolute Gasteiger partial charge is 0.383 e. The average Bonchev–Trinajstić information content (AvgIpc) is 2.68. The fourth-order valence-corrected chi connectivity index (χ4v) is 3.18. The number of rotatable bonds is 8. The van der Waals surface area contributed by atoms with Gasteiger partial charge in [0, 0.05) is 18.5 Å². The fraction of sp³-hybridized carbons (Fsp3) is 0.667. The zero-order valence-corrected chi connectivity index (χ0v) is 12.4. The standard InChI is InChI=1S/C12H20BrNOS/c1-3-10(9-14-6-7-15-2)8-11-4-5-12(13)16-11/h4-5,10,14H,3,6-9H2,1-2H3. The SMILES string of the molecule is CCC(CNCCOC)Cc1ccc(Br)s1. The van der Waals surface area contributed by atoms with Gasteiger partial charge < -0.3 is 10.1 Å². The fourth-order valence-electron chi connectivity index (χ4n) is 1.59. The third-order valence-corrected chi connectivity index (χ3v) is 4.26. The lowest BCUT2D eigenvalue weighted by molar-refractivity contribution is 0.197. The maximum absolute atomic E-state index is 5.01. The van der Waals surface area contributed by atoms with Crippen molar-refractivity contribution in [3.63, 3.8) is 0 Å². The molecule has 1 unspecified atom stereocenters. The van der Waals surface area contributed by atoms with Crippen LogP contribution < -0.4 is 5.32 Å². The van der Waals surface area contributed by atoms with Gasteiger partial charge in [0.1, 0.15) is 0 Å². The van der Waals surface area contributed by atoms with Gasteiger partial charge >= 0.3 is 0 Å². The van der Waals surface area contributed by atoms with Crippen molar-refractivity contribution < 1.29 is 4.74 Å². The molecule has 0 aliphatic carbocycles. The third-order valence-electron chi connectivity index (χ3n) is 2.61. The molecule has 0 amide bonds. The summed E-state index contributed by atoms with van der Waals surface area (Å²) in [6.07, 6.45) is 2.39. The van der Waals surface area contributed by atoms with Gasteiger partial charge in [-0.15, -0.1) is 11.3 Å². The minimum atomic E-state index is 0.724. The lowest BCUT2D eigenvalue weighted by atomic mass is 10.0. The zero-order chi connectivity index (χ0) is 11.8. The smallest absolute Gasteiger partial charge is 0.0701 e. The summed E-state index contributed by atoms with van der Waals surface area (Å²) < 4.78 is 6.24. The highest BCUT2D eigenvalue weighted by Crippen LogP contribution is 2.24. The topological polar surface area (TPSA) is 21.3 Å². The Labute approximate surface area is 111 Å². The van der Waals surface area contributed by atoms with Crippen LogP contribution in [0.2, 0.25) is 0 Å². The number of ether oxygens (including phenoxy) is 1. The van der Waals surface area contributed by atoms with Crippen LogP contribution in [0.15, 0.2) is 15.9 Å². The number of methoxy groups -OCH3 is 1. The van der Waals surface area contributed by atoms with Crippen LogP contribution in [0.1, 0.15) is 18.2 Å². The van der Waals surface area contributed by atoms with E-state index in [1.807, 2.05) is 11.3 Å². The summed E-state index contributed by atoms with van der Waals surface area (Å²) in [4.78, 5) is 1.47. The lowest BCUT2D eigenvalue weighted by Crippen LogP contribution is -2.26.